The highest BCUT2D eigenvalue weighted by atomic mass is 32.2. The van der Waals surface area contributed by atoms with E-state index in [1.807, 2.05) is 13.8 Å². The quantitative estimate of drug-likeness (QED) is 0.624. The molecule has 0 heterocycles. The number of hydrogen-bond donors (Lipinski definition) is 1. The monoisotopic (exact) mass is 384 g/mol. The fourth-order valence-corrected chi connectivity index (χ4v) is 3.91. The second-order valence-electron chi connectivity index (χ2n) is 5.77. The Morgan fingerprint density at radius 1 is 1.04 bits per heavy atom. The lowest BCUT2D eigenvalue weighted by Gasteiger charge is -2.18. The van der Waals surface area contributed by atoms with Crippen molar-refractivity contribution in [2.24, 2.45) is 0 Å². The molecule has 0 saturated carbocycles. The highest BCUT2D eigenvalue weighted by molar-refractivity contribution is 7.89. The molecule has 0 aliphatic rings. The van der Waals surface area contributed by atoms with Crippen molar-refractivity contribution in [3.63, 3.8) is 0 Å². The van der Waals surface area contributed by atoms with Crippen LogP contribution in [0.5, 0.6) is 0 Å². The molecule has 146 valence electrons. The lowest BCUT2D eigenvalue weighted by atomic mass is 10.2. The number of carbonyl (C=O) groups is 2. The molecule has 1 N–H and O–H groups in total. The van der Waals surface area contributed by atoms with E-state index in [-0.39, 0.29) is 29.0 Å². The van der Waals surface area contributed by atoms with Crippen molar-refractivity contribution < 1.29 is 22.7 Å². The van der Waals surface area contributed by atoms with Gasteiger partial charge in [-0.3, -0.25) is 4.79 Å². The van der Waals surface area contributed by atoms with Crippen LogP contribution >= 0.6 is 0 Å². The second-order valence-corrected chi connectivity index (χ2v) is 7.71. The average molecular weight is 384 g/mol. The van der Waals surface area contributed by atoms with E-state index in [2.05, 4.69) is 5.32 Å². The Balaban J connectivity index is 2.71. The molecule has 1 rings (SSSR count). The molecule has 0 aliphatic carbocycles. The van der Waals surface area contributed by atoms with E-state index in [4.69, 9.17) is 4.74 Å². The van der Waals surface area contributed by atoms with E-state index in [1.165, 1.54) is 28.6 Å². The van der Waals surface area contributed by atoms with Crippen molar-refractivity contribution in [1.82, 2.24) is 9.62 Å². The van der Waals surface area contributed by atoms with E-state index in [0.29, 0.717) is 13.1 Å². The summed E-state index contributed by atoms with van der Waals surface area (Å²) < 4.78 is 31.1. The number of benzene rings is 1. The molecule has 0 aromatic heterocycles. The maximum Gasteiger partial charge on any atom is 0.338 e. The highest BCUT2D eigenvalue weighted by Crippen LogP contribution is 2.16. The standard InChI is InChI=1S/C18H28N2O5S/c1-5-15(6-2)19-17(21)13-25-18(22)14-9-11-16(12-10-14)26(23,24)20(7-3)8-4/h9-12,15H,5-8,13H2,1-4H3,(H,19,21). The van der Waals surface area contributed by atoms with Crippen molar-refractivity contribution in [3.8, 4) is 0 Å². The molecule has 0 bridgehead atoms. The second kappa shape index (κ2) is 10.3. The predicted molar refractivity (Wildman–Crippen MR) is 99.3 cm³/mol. The number of nitrogens with one attached hydrogen (secondary N) is 1. The molecular weight excluding hydrogens is 356 g/mol. The Morgan fingerprint density at radius 2 is 1.58 bits per heavy atom. The smallest absolute Gasteiger partial charge is 0.338 e. The summed E-state index contributed by atoms with van der Waals surface area (Å²) in [5.41, 5.74) is 0.193. The summed E-state index contributed by atoms with van der Waals surface area (Å²) >= 11 is 0. The van der Waals surface area contributed by atoms with Crippen molar-refractivity contribution in [2.45, 2.75) is 51.5 Å². The molecule has 8 heteroatoms. The molecule has 7 nitrogen and oxygen atoms in total. The van der Waals surface area contributed by atoms with Gasteiger partial charge in [0.15, 0.2) is 6.61 Å². The molecule has 0 fully saturated rings. The Labute approximate surface area is 155 Å². The molecular formula is C18H28N2O5S. The molecule has 0 aliphatic heterocycles. The van der Waals surface area contributed by atoms with Crippen LogP contribution in [0.2, 0.25) is 0 Å². The van der Waals surface area contributed by atoms with Crippen LogP contribution < -0.4 is 5.32 Å². The topological polar surface area (TPSA) is 92.8 Å². The van der Waals surface area contributed by atoms with Crippen molar-refractivity contribution in [1.29, 1.82) is 0 Å². The van der Waals surface area contributed by atoms with Crippen LogP contribution in [0.15, 0.2) is 29.2 Å². The maximum absolute atomic E-state index is 12.4. The molecule has 0 saturated heterocycles. The summed E-state index contributed by atoms with van der Waals surface area (Å²) in [6.07, 6.45) is 1.61. The minimum Gasteiger partial charge on any atom is -0.452 e. The average Bonchev–Trinajstić information content (AvgIpc) is 2.65. The van der Waals surface area contributed by atoms with Gasteiger partial charge >= 0.3 is 5.97 Å². The van der Waals surface area contributed by atoms with Crippen LogP contribution in [-0.2, 0) is 19.6 Å². The summed E-state index contributed by atoms with van der Waals surface area (Å²) in [4.78, 5) is 23.9. The van der Waals surface area contributed by atoms with Gasteiger partial charge in [0, 0.05) is 19.1 Å². The highest BCUT2D eigenvalue weighted by Gasteiger charge is 2.22. The first kappa shape index (κ1) is 22.1. The van der Waals surface area contributed by atoms with E-state index in [9.17, 15) is 18.0 Å². The summed E-state index contributed by atoms with van der Waals surface area (Å²) in [7, 11) is -3.57. The number of sulfonamides is 1. The van der Waals surface area contributed by atoms with Gasteiger partial charge in [-0.05, 0) is 37.1 Å². The number of ether oxygens (including phenoxy) is 1. The lowest BCUT2D eigenvalue weighted by molar-refractivity contribution is -0.125. The molecule has 0 unspecified atom stereocenters. The van der Waals surface area contributed by atoms with Crippen LogP contribution in [0.4, 0.5) is 0 Å². The number of hydrogen-bond acceptors (Lipinski definition) is 5. The van der Waals surface area contributed by atoms with Gasteiger partial charge < -0.3 is 10.1 Å². The van der Waals surface area contributed by atoms with Crippen molar-refractivity contribution in [3.05, 3.63) is 29.8 Å². The molecule has 1 amide bonds. The Morgan fingerprint density at radius 3 is 2.04 bits per heavy atom. The molecule has 0 spiro atoms. The summed E-state index contributed by atoms with van der Waals surface area (Å²) in [5.74, 6) is -1.02. The number of carbonyl (C=O) groups excluding carboxylic acids is 2. The molecule has 1 aromatic rings. The van der Waals surface area contributed by atoms with Crippen LogP contribution in [0, 0.1) is 0 Å². The van der Waals surface area contributed by atoms with Crippen molar-refractivity contribution >= 4 is 21.9 Å². The van der Waals surface area contributed by atoms with E-state index >= 15 is 0 Å². The Hall–Kier alpha value is -1.93. The summed E-state index contributed by atoms with van der Waals surface area (Å²) in [5, 5.41) is 2.78. The van der Waals surface area contributed by atoms with Gasteiger partial charge in [0.2, 0.25) is 10.0 Å². The largest absolute Gasteiger partial charge is 0.452 e. The van der Waals surface area contributed by atoms with Crippen molar-refractivity contribution in [2.75, 3.05) is 19.7 Å². The minimum absolute atomic E-state index is 0.0609. The van der Waals surface area contributed by atoms with Crippen LogP contribution in [0.1, 0.15) is 50.9 Å². The van der Waals surface area contributed by atoms with Crippen LogP contribution in [0.3, 0.4) is 0 Å². The third-order valence-electron chi connectivity index (χ3n) is 4.12. The normalized spacial score (nSPS) is 11.6. The first-order valence-corrected chi connectivity index (χ1v) is 10.3. The van der Waals surface area contributed by atoms with Crippen LogP contribution in [-0.4, -0.2) is 50.3 Å². The van der Waals surface area contributed by atoms with E-state index in [0.717, 1.165) is 12.8 Å². The zero-order valence-corrected chi connectivity index (χ0v) is 16.6. The van der Waals surface area contributed by atoms with Gasteiger partial charge in [0.05, 0.1) is 10.5 Å². The first-order chi connectivity index (χ1) is 12.3. The number of amides is 1. The number of nitrogens with zero attached hydrogens (tertiary/aromatic N) is 1. The lowest BCUT2D eigenvalue weighted by Crippen LogP contribution is -2.36. The third-order valence-corrected chi connectivity index (χ3v) is 6.18. The van der Waals surface area contributed by atoms with Gasteiger partial charge in [-0.15, -0.1) is 0 Å². The third kappa shape index (κ3) is 5.81. The summed E-state index contributed by atoms with van der Waals surface area (Å²) in [6.45, 7) is 7.83. The SMILES string of the molecule is CCC(CC)NC(=O)COC(=O)c1ccc(S(=O)(=O)N(CC)CC)cc1. The Kier molecular flexibility index (Phi) is 8.74. The number of rotatable bonds is 10. The molecule has 1 aromatic carbocycles. The molecule has 26 heavy (non-hydrogen) atoms. The molecule has 0 radical (unpaired) electrons. The maximum atomic E-state index is 12.4. The number of esters is 1. The Bertz CT molecular complexity index is 693. The van der Waals surface area contributed by atoms with Gasteiger partial charge in [-0.2, -0.15) is 4.31 Å². The van der Waals surface area contributed by atoms with Gasteiger partial charge in [-0.1, -0.05) is 27.7 Å². The van der Waals surface area contributed by atoms with E-state index in [1.54, 1.807) is 13.8 Å². The molecule has 0 atom stereocenters. The fraction of sp³-hybridized carbons (Fsp3) is 0.556. The fourth-order valence-electron chi connectivity index (χ4n) is 2.45. The van der Waals surface area contributed by atoms with Gasteiger partial charge in [0.25, 0.3) is 5.91 Å². The zero-order valence-electron chi connectivity index (χ0n) is 15.8. The first-order valence-electron chi connectivity index (χ1n) is 8.86. The predicted octanol–water partition coefficient (Wildman–Crippen LogP) is 2.18. The summed E-state index contributed by atoms with van der Waals surface area (Å²) in [6, 6.07) is 5.57. The van der Waals surface area contributed by atoms with Gasteiger partial charge in [-0.25, -0.2) is 13.2 Å². The minimum atomic E-state index is -3.57. The van der Waals surface area contributed by atoms with E-state index < -0.39 is 16.0 Å². The van der Waals surface area contributed by atoms with Gasteiger partial charge in [0.1, 0.15) is 0 Å². The zero-order chi connectivity index (χ0) is 19.7. The van der Waals surface area contributed by atoms with Crippen LogP contribution in [0.25, 0.3) is 0 Å².